The monoisotopic (exact) mass is 354 g/mol. The predicted molar refractivity (Wildman–Crippen MR) is 118 cm³/mol. The molecule has 3 aromatic rings. The first kappa shape index (κ1) is 19.2. The molecule has 2 atom stereocenters. The van der Waals surface area contributed by atoms with E-state index in [2.05, 4.69) is 111 Å². The maximum atomic E-state index is 2.46. The van der Waals surface area contributed by atoms with Gasteiger partial charge in [-0.3, -0.25) is 0 Å². The van der Waals surface area contributed by atoms with Crippen LogP contribution >= 0.6 is 0 Å². The molecule has 3 rings (SSSR count). The van der Waals surface area contributed by atoms with Crippen LogP contribution in [0.3, 0.4) is 0 Å². The second-order valence-corrected chi connectivity index (χ2v) is 7.33. The molecule has 0 saturated carbocycles. The number of rotatable bonds is 8. The molecule has 0 N–H and O–H groups in total. The van der Waals surface area contributed by atoms with Crippen LogP contribution in [0.2, 0.25) is 0 Å². The van der Waals surface area contributed by atoms with E-state index in [-0.39, 0.29) is 0 Å². The van der Waals surface area contributed by atoms with Crippen LogP contribution in [-0.2, 0) is 0 Å². The van der Waals surface area contributed by atoms with Crippen molar-refractivity contribution in [2.24, 2.45) is 0 Å². The summed E-state index contributed by atoms with van der Waals surface area (Å²) in [5, 5.41) is 0. The molecule has 0 aliphatic rings. The van der Waals surface area contributed by atoms with Crippen LogP contribution in [0, 0.1) is 0 Å². The fourth-order valence-electron chi connectivity index (χ4n) is 3.86. The van der Waals surface area contributed by atoms with Gasteiger partial charge in [-0.05, 0) is 54.4 Å². The lowest BCUT2D eigenvalue weighted by Gasteiger charge is -2.20. The van der Waals surface area contributed by atoms with Crippen molar-refractivity contribution in [2.75, 3.05) is 0 Å². The van der Waals surface area contributed by atoms with Gasteiger partial charge in [-0.1, -0.05) is 104 Å². The highest BCUT2D eigenvalue weighted by molar-refractivity contribution is 5.64. The average molecular weight is 355 g/mol. The van der Waals surface area contributed by atoms with E-state index in [0.717, 1.165) is 0 Å². The minimum atomic E-state index is 0.448. The van der Waals surface area contributed by atoms with Crippen LogP contribution in [0.1, 0.15) is 61.6 Å². The summed E-state index contributed by atoms with van der Waals surface area (Å²) in [7, 11) is 0. The fourth-order valence-corrected chi connectivity index (χ4v) is 3.86. The van der Waals surface area contributed by atoms with Crippen molar-refractivity contribution < 1.29 is 0 Å². The number of benzene rings is 3. The Hall–Kier alpha value is -2.60. The van der Waals surface area contributed by atoms with E-state index in [4.69, 9.17) is 0 Å². The van der Waals surface area contributed by atoms with Crippen molar-refractivity contribution in [2.45, 2.75) is 44.9 Å². The van der Waals surface area contributed by atoms with Crippen molar-refractivity contribution in [3.63, 3.8) is 0 Å². The summed E-state index contributed by atoms with van der Waals surface area (Å²) in [6.45, 7) is 4.54. The van der Waals surface area contributed by atoms with Gasteiger partial charge in [0, 0.05) is 5.92 Å². The highest BCUT2D eigenvalue weighted by atomic mass is 14.2. The van der Waals surface area contributed by atoms with E-state index in [1.807, 2.05) is 0 Å². The van der Waals surface area contributed by atoms with E-state index in [0.29, 0.717) is 11.8 Å². The minimum Gasteiger partial charge on any atom is -0.0735 e. The Bertz CT molecular complexity index is 816. The minimum absolute atomic E-state index is 0.448. The Morgan fingerprint density at radius 3 is 1.78 bits per heavy atom. The second kappa shape index (κ2) is 9.92. The third-order valence-electron chi connectivity index (χ3n) is 5.50. The van der Waals surface area contributed by atoms with E-state index in [1.54, 1.807) is 0 Å². The van der Waals surface area contributed by atoms with Gasteiger partial charge < -0.3 is 0 Å². The van der Waals surface area contributed by atoms with Gasteiger partial charge in [0.2, 0.25) is 0 Å². The Morgan fingerprint density at radius 2 is 1.22 bits per heavy atom. The van der Waals surface area contributed by atoms with Crippen LogP contribution in [0.5, 0.6) is 0 Å². The lowest BCUT2D eigenvalue weighted by atomic mass is 9.85. The second-order valence-electron chi connectivity index (χ2n) is 7.33. The summed E-state index contributed by atoms with van der Waals surface area (Å²) >= 11 is 0. The fraction of sp³-hybridized carbons (Fsp3) is 0.259. The SMILES string of the molecule is CCC(CCC(/C=C(/C)c1ccccc1)c1ccccc1)c1ccccc1. The van der Waals surface area contributed by atoms with Crippen molar-refractivity contribution >= 4 is 5.57 Å². The Morgan fingerprint density at radius 1 is 0.704 bits per heavy atom. The van der Waals surface area contributed by atoms with Crippen LogP contribution in [0.4, 0.5) is 0 Å². The van der Waals surface area contributed by atoms with Crippen molar-refractivity contribution in [1.82, 2.24) is 0 Å². The summed E-state index contributed by atoms with van der Waals surface area (Å²) in [5.41, 5.74) is 5.55. The molecule has 3 aromatic carbocycles. The molecular formula is C27H30. The van der Waals surface area contributed by atoms with Crippen LogP contribution in [0.15, 0.2) is 97.1 Å². The van der Waals surface area contributed by atoms with Crippen molar-refractivity contribution in [1.29, 1.82) is 0 Å². The molecule has 0 nitrogen and oxygen atoms in total. The molecule has 138 valence electrons. The van der Waals surface area contributed by atoms with Gasteiger partial charge in [-0.25, -0.2) is 0 Å². The average Bonchev–Trinajstić information content (AvgIpc) is 2.75. The molecule has 0 bridgehead atoms. The van der Waals surface area contributed by atoms with Crippen molar-refractivity contribution in [3.05, 3.63) is 114 Å². The molecular weight excluding hydrogens is 324 g/mol. The summed E-state index contributed by atoms with van der Waals surface area (Å²) in [6, 6.07) is 32.6. The number of hydrogen-bond donors (Lipinski definition) is 0. The molecule has 2 unspecified atom stereocenters. The van der Waals surface area contributed by atoms with Gasteiger partial charge in [-0.15, -0.1) is 0 Å². The summed E-state index contributed by atoms with van der Waals surface area (Å²) in [6.07, 6.45) is 6.02. The zero-order valence-corrected chi connectivity index (χ0v) is 16.5. The molecule has 0 aromatic heterocycles. The lowest BCUT2D eigenvalue weighted by Crippen LogP contribution is -2.03. The molecule has 0 saturated heterocycles. The normalized spacial score (nSPS) is 13.9. The van der Waals surface area contributed by atoms with E-state index >= 15 is 0 Å². The smallest absolute Gasteiger partial charge is 0.00241 e. The molecule has 0 heterocycles. The summed E-state index contributed by atoms with van der Waals surface area (Å²) < 4.78 is 0. The molecule has 0 amide bonds. The summed E-state index contributed by atoms with van der Waals surface area (Å²) in [4.78, 5) is 0. The highest BCUT2D eigenvalue weighted by Gasteiger charge is 2.15. The van der Waals surface area contributed by atoms with Crippen LogP contribution in [0.25, 0.3) is 5.57 Å². The predicted octanol–water partition coefficient (Wildman–Crippen LogP) is 7.85. The Balaban J connectivity index is 1.80. The third kappa shape index (κ3) is 5.44. The van der Waals surface area contributed by atoms with Gasteiger partial charge in [0.15, 0.2) is 0 Å². The highest BCUT2D eigenvalue weighted by Crippen LogP contribution is 2.32. The molecule has 27 heavy (non-hydrogen) atoms. The van der Waals surface area contributed by atoms with Gasteiger partial charge in [-0.2, -0.15) is 0 Å². The number of allylic oxidation sites excluding steroid dienone is 2. The first-order valence-corrected chi connectivity index (χ1v) is 10.1. The maximum Gasteiger partial charge on any atom is 0.00241 e. The van der Waals surface area contributed by atoms with Crippen molar-refractivity contribution in [3.8, 4) is 0 Å². The van der Waals surface area contributed by atoms with E-state index in [1.165, 1.54) is 41.5 Å². The molecule has 0 aliphatic carbocycles. The Labute approximate surface area is 164 Å². The molecule has 0 fully saturated rings. The maximum absolute atomic E-state index is 2.46. The quantitative estimate of drug-likeness (QED) is 0.386. The first-order valence-electron chi connectivity index (χ1n) is 10.1. The molecule has 0 aliphatic heterocycles. The van der Waals surface area contributed by atoms with E-state index < -0.39 is 0 Å². The van der Waals surface area contributed by atoms with E-state index in [9.17, 15) is 0 Å². The van der Waals surface area contributed by atoms with Gasteiger partial charge in [0.1, 0.15) is 0 Å². The topological polar surface area (TPSA) is 0 Å². The van der Waals surface area contributed by atoms with Gasteiger partial charge >= 0.3 is 0 Å². The molecule has 0 heteroatoms. The lowest BCUT2D eigenvalue weighted by molar-refractivity contribution is 0.554. The zero-order chi connectivity index (χ0) is 18.9. The zero-order valence-electron chi connectivity index (χ0n) is 16.5. The molecule has 0 spiro atoms. The standard InChI is InChI=1S/C27H30/c1-3-23(25-15-9-5-10-16-25)19-20-27(26-17-11-6-12-18-26)21-22(2)24-13-7-4-8-14-24/h4-18,21,23,27H,3,19-20H2,1-2H3/b22-21-. The van der Waals surface area contributed by atoms with Gasteiger partial charge in [0.05, 0.1) is 0 Å². The largest absolute Gasteiger partial charge is 0.0735 e. The van der Waals surface area contributed by atoms with Crippen LogP contribution in [-0.4, -0.2) is 0 Å². The summed E-state index contributed by atoms with van der Waals surface area (Å²) in [5.74, 6) is 1.08. The Kier molecular flexibility index (Phi) is 7.04. The van der Waals surface area contributed by atoms with Crippen LogP contribution < -0.4 is 0 Å². The third-order valence-corrected chi connectivity index (χ3v) is 5.50. The number of hydrogen-bond acceptors (Lipinski definition) is 0. The first-order chi connectivity index (χ1) is 13.3. The molecule has 0 radical (unpaired) electrons. The van der Waals surface area contributed by atoms with Gasteiger partial charge in [0.25, 0.3) is 0 Å².